The molecule has 0 aromatic heterocycles. The van der Waals surface area contributed by atoms with Gasteiger partial charge in [-0.25, -0.2) is 4.39 Å². The van der Waals surface area contributed by atoms with Crippen LogP contribution in [0.1, 0.15) is 24.3 Å². The maximum absolute atomic E-state index is 14.1. The Morgan fingerprint density at radius 1 is 1.09 bits per heavy atom. The van der Waals surface area contributed by atoms with Gasteiger partial charge in [0.15, 0.2) is 0 Å². The summed E-state index contributed by atoms with van der Waals surface area (Å²) in [5.74, 6) is -0.509. The first-order valence-corrected chi connectivity index (χ1v) is 11.2. The maximum Gasteiger partial charge on any atom is 0.242 e. The van der Waals surface area contributed by atoms with Crippen LogP contribution in [-0.2, 0) is 14.3 Å². The zero-order chi connectivity index (χ0) is 22.2. The molecule has 0 aliphatic carbocycles. The van der Waals surface area contributed by atoms with E-state index >= 15 is 0 Å². The minimum atomic E-state index is -0.299. The van der Waals surface area contributed by atoms with Crippen molar-refractivity contribution in [1.82, 2.24) is 9.80 Å². The lowest BCUT2D eigenvalue weighted by atomic mass is 9.73. The number of piperazine rings is 1. The molecule has 3 heterocycles. The van der Waals surface area contributed by atoms with Crippen molar-refractivity contribution >= 4 is 11.8 Å². The van der Waals surface area contributed by atoms with E-state index in [2.05, 4.69) is 0 Å². The molecule has 0 unspecified atom stereocenters. The predicted octanol–water partition coefficient (Wildman–Crippen LogP) is 2.42. The fourth-order valence-electron chi connectivity index (χ4n) is 5.45. The van der Waals surface area contributed by atoms with Crippen molar-refractivity contribution in [1.29, 1.82) is 0 Å². The van der Waals surface area contributed by atoms with Crippen LogP contribution in [0.2, 0.25) is 0 Å². The molecule has 2 aromatic carbocycles. The van der Waals surface area contributed by atoms with Crippen LogP contribution in [0.25, 0.3) is 11.1 Å². The van der Waals surface area contributed by atoms with E-state index in [1.165, 1.54) is 6.07 Å². The molecule has 32 heavy (non-hydrogen) atoms. The van der Waals surface area contributed by atoms with E-state index in [-0.39, 0.29) is 54.7 Å². The monoisotopic (exact) mass is 438 g/mol. The molecule has 3 fully saturated rings. The molecule has 168 valence electrons. The van der Waals surface area contributed by atoms with Crippen LogP contribution in [0.3, 0.4) is 0 Å². The van der Waals surface area contributed by atoms with Gasteiger partial charge in [0.25, 0.3) is 0 Å². The number of amides is 2. The standard InChI is InChI=1S/C25H27FN2O4/c26-20-4-2-1-3-19(20)16-5-7-17(8-6-16)24-21-13-27(14-23(30)28(21)22(24)15-29)25(31)18-9-11-32-12-10-18/h1-8,18,21-22,24,29H,9-15H2/t21-,22+,24+/m1/s1. The van der Waals surface area contributed by atoms with Gasteiger partial charge < -0.3 is 19.6 Å². The van der Waals surface area contributed by atoms with Crippen molar-refractivity contribution in [3.63, 3.8) is 0 Å². The third kappa shape index (κ3) is 3.59. The Bertz CT molecular complexity index is 1010. The topological polar surface area (TPSA) is 70.1 Å². The van der Waals surface area contributed by atoms with Gasteiger partial charge >= 0.3 is 0 Å². The summed E-state index contributed by atoms with van der Waals surface area (Å²) in [6, 6.07) is 13.8. The highest BCUT2D eigenvalue weighted by molar-refractivity contribution is 5.88. The molecule has 3 atom stereocenters. The van der Waals surface area contributed by atoms with Crippen molar-refractivity contribution in [2.45, 2.75) is 30.8 Å². The lowest BCUT2D eigenvalue weighted by Crippen LogP contribution is -2.73. The molecule has 7 heteroatoms. The summed E-state index contributed by atoms with van der Waals surface area (Å²) in [5.41, 5.74) is 2.30. The number of hydrogen-bond donors (Lipinski definition) is 1. The third-order valence-electron chi connectivity index (χ3n) is 7.11. The van der Waals surface area contributed by atoms with Crippen molar-refractivity contribution in [2.75, 3.05) is 32.9 Å². The first kappa shape index (κ1) is 21.1. The largest absolute Gasteiger partial charge is 0.394 e. The quantitative estimate of drug-likeness (QED) is 0.796. The minimum absolute atomic E-state index is 0.0300. The molecule has 0 bridgehead atoms. The number of hydrogen-bond acceptors (Lipinski definition) is 4. The zero-order valence-electron chi connectivity index (χ0n) is 17.8. The van der Waals surface area contributed by atoms with Gasteiger partial charge in [0.1, 0.15) is 5.82 Å². The Morgan fingerprint density at radius 2 is 1.81 bits per heavy atom. The summed E-state index contributed by atoms with van der Waals surface area (Å²) in [5, 5.41) is 9.98. The lowest BCUT2D eigenvalue weighted by molar-refractivity contribution is -0.169. The third-order valence-corrected chi connectivity index (χ3v) is 7.11. The van der Waals surface area contributed by atoms with Gasteiger partial charge in [-0.15, -0.1) is 0 Å². The number of rotatable bonds is 4. The molecule has 0 radical (unpaired) electrons. The number of fused-ring (bicyclic) bond motifs is 1. The first-order chi connectivity index (χ1) is 15.6. The van der Waals surface area contributed by atoms with Gasteiger partial charge in [-0.2, -0.15) is 0 Å². The van der Waals surface area contributed by atoms with E-state index in [0.29, 0.717) is 38.2 Å². The van der Waals surface area contributed by atoms with Crippen molar-refractivity contribution in [3.05, 3.63) is 59.9 Å². The summed E-state index contributed by atoms with van der Waals surface area (Å²) in [6.45, 7) is 1.57. The second-order valence-electron chi connectivity index (χ2n) is 8.85. The lowest BCUT2D eigenvalue weighted by Gasteiger charge is -2.59. The molecule has 5 rings (SSSR count). The fraction of sp³-hybridized carbons (Fsp3) is 0.440. The molecule has 3 aliphatic heterocycles. The molecule has 2 amide bonds. The summed E-state index contributed by atoms with van der Waals surface area (Å²) < 4.78 is 19.5. The SMILES string of the molecule is O=C(C1CCOCC1)N1CC(=O)N2[C@H](C1)[C@H](c1ccc(-c3ccccc3F)cc1)[C@@H]2CO. The van der Waals surface area contributed by atoms with E-state index in [1.807, 2.05) is 24.3 Å². The summed E-state index contributed by atoms with van der Waals surface area (Å²) in [7, 11) is 0. The van der Waals surface area contributed by atoms with Crippen molar-refractivity contribution in [2.24, 2.45) is 5.92 Å². The van der Waals surface area contributed by atoms with E-state index in [1.54, 1.807) is 28.0 Å². The Labute approximate surface area is 186 Å². The summed E-state index contributed by atoms with van der Waals surface area (Å²) in [4.78, 5) is 29.3. The first-order valence-electron chi connectivity index (χ1n) is 11.2. The highest BCUT2D eigenvalue weighted by atomic mass is 19.1. The smallest absolute Gasteiger partial charge is 0.242 e. The molecule has 1 N–H and O–H groups in total. The number of aliphatic hydroxyl groups excluding tert-OH is 1. The Kier molecular flexibility index (Phi) is 5.69. The van der Waals surface area contributed by atoms with Crippen LogP contribution >= 0.6 is 0 Å². The Hall–Kier alpha value is -2.77. The van der Waals surface area contributed by atoms with Crippen molar-refractivity contribution < 1.29 is 23.8 Å². The van der Waals surface area contributed by atoms with E-state index in [0.717, 1.165) is 11.1 Å². The molecule has 2 aromatic rings. The fourth-order valence-corrected chi connectivity index (χ4v) is 5.45. The highest BCUT2D eigenvalue weighted by Crippen LogP contribution is 2.43. The van der Waals surface area contributed by atoms with Gasteiger partial charge in [-0.05, 0) is 30.0 Å². The highest BCUT2D eigenvalue weighted by Gasteiger charge is 2.54. The van der Waals surface area contributed by atoms with Crippen LogP contribution in [0, 0.1) is 11.7 Å². The normalized spacial score (nSPS) is 25.9. The number of ether oxygens (including phenoxy) is 1. The van der Waals surface area contributed by atoms with E-state index in [9.17, 15) is 19.1 Å². The van der Waals surface area contributed by atoms with Crippen molar-refractivity contribution in [3.8, 4) is 11.1 Å². The predicted molar refractivity (Wildman–Crippen MR) is 116 cm³/mol. The second kappa shape index (κ2) is 8.64. The molecule has 0 spiro atoms. The van der Waals surface area contributed by atoms with E-state index in [4.69, 9.17) is 4.74 Å². The average Bonchev–Trinajstić information content (AvgIpc) is 2.81. The van der Waals surface area contributed by atoms with Gasteiger partial charge in [0.2, 0.25) is 11.8 Å². The molecule has 3 aliphatic rings. The Morgan fingerprint density at radius 3 is 2.50 bits per heavy atom. The number of carbonyl (C=O) groups is 2. The molecular weight excluding hydrogens is 411 g/mol. The molecule has 0 saturated carbocycles. The number of carbonyl (C=O) groups excluding carboxylic acids is 2. The Balaban J connectivity index is 1.36. The minimum Gasteiger partial charge on any atom is -0.394 e. The zero-order valence-corrected chi connectivity index (χ0v) is 17.8. The van der Waals surface area contributed by atoms with Crippen LogP contribution in [0.15, 0.2) is 48.5 Å². The number of nitrogens with zero attached hydrogens (tertiary/aromatic N) is 2. The van der Waals surface area contributed by atoms with Gasteiger partial charge in [0.05, 0.1) is 25.2 Å². The summed E-state index contributed by atoms with van der Waals surface area (Å²) in [6.07, 6.45) is 1.39. The van der Waals surface area contributed by atoms with Crippen LogP contribution in [0.5, 0.6) is 0 Å². The maximum atomic E-state index is 14.1. The van der Waals surface area contributed by atoms with Gasteiger partial charge in [-0.1, -0.05) is 42.5 Å². The number of benzene rings is 2. The van der Waals surface area contributed by atoms with Crippen LogP contribution < -0.4 is 0 Å². The van der Waals surface area contributed by atoms with Crippen LogP contribution in [0.4, 0.5) is 4.39 Å². The number of aliphatic hydroxyl groups is 1. The molecular formula is C25H27FN2O4. The van der Waals surface area contributed by atoms with Crippen LogP contribution in [-0.4, -0.2) is 71.7 Å². The average molecular weight is 438 g/mol. The second-order valence-corrected chi connectivity index (χ2v) is 8.85. The molecule has 3 saturated heterocycles. The van der Waals surface area contributed by atoms with Gasteiger partial charge in [-0.3, -0.25) is 9.59 Å². The molecule has 6 nitrogen and oxygen atoms in total. The van der Waals surface area contributed by atoms with E-state index < -0.39 is 0 Å². The number of halogens is 1. The van der Waals surface area contributed by atoms with Gasteiger partial charge in [0, 0.05) is 37.2 Å². The summed E-state index contributed by atoms with van der Waals surface area (Å²) >= 11 is 0.